The van der Waals surface area contributed by atoms with E-state index in [1.165, 1.54) is 82.8 Å². The average Bonchev–Trinajstić information content (AvgIpc) is 3.20. The number of amides is 2. The molecule has 370 valence electrons. The number of hydroxylamine groups is 1. The monoisotopic (exact) mass is 990 g/mol. The van der Waals surface area contributed by atoms with Gasteiger partial charge in [-0.2, -0.15) is 74.6 Å². The predicted molar refractivity (Wildman–Crippen MR) is 198 cm³/mol. The van der Waals surface area contributed by atoms with E-state index in [9.17, 15) is 84.2 Å². The van der Waals surface area contributed by atoms with Crippen LogP contribution in [0.25, 0.3) is 0 Å². The van der Waals surface area contributed by atoms with E-state index >= 15 is 0 Å². The summed E-state index contributed by atoms with van der Waals surface area (Å²) >= 11 is 0. The number of benzene rings is 2. The van der Waals surface area contributed by atoms with E-state index in [4.69, 9.17) is 23.8 Å². The number of halogens is 17. The minimum absolute atomic E-state index is 0.0766. The van der Waals surface area contributed by atoms with Crippen molar-refractivity contribution in [2.24, 2.45) is 5.92 Å². The zero-order valence-electron chi connectivity index (χ0n) is 34.7. The van der Waals surface area contributed by atoms with Crippen molar-refractivity contribution in [1.29, 1.82) is 0 Å². The number of alkyl halides is 17. The topological polar surface area (TPSA) is 115 Å². The molecule has 0 aromatic heterocycles. The molecule has 0 radical (unpaired) electrons. The minimum Gasteiger partial charge on any atom is -0.497 e. The van der Waals surface area contributed by atoms with Crippen molar-refractivity contribution in [2.45, 2.75) is 112 Å². The number of carbonyl (C=O) groups excluding carboxylic acids is 2. The number of carbonyl (C=O) groups is 2. The van der Waals surface area contributed by atoms with Gasteiger partial charge in [-0.1, -0.05) is 52.8 Å². The molecule has 2 rings (SSSR count). The van der Waals surface area contributed by atoms with Crippen molar-refractivity contribution in [1.82, 2.24) is 5.48 Å². The summed E-state index contributed by atoms with van der Waals surface area (Å²) in [5.74, 6) is -58.0. The van der Waals surface area contributed by atoms with Gasteiger partial charge in [0.05, 0.1) is 13.7 Å². The summed E-state index contributed by atoms with van der Waals surface area (Å²) in [6, 6.07) is 10.3. The van der Waals surface area contributed by atoms with Crippen LogP contribution in [0.3, 0.4) is 0 Å². The number of methoxy groups -OCH3 is 1. The van der Waals surface area contributed by atoms with Gasteiger partial charge in [-0.3, -0.25) is 15.3 Å². The molecule has 65 heavy (non-hydrogen) atoms. The van der Waals surface area contributed by atoms with E-state index < -0.39 is 117 Å². The summed E-state index contributed by atoms with van der Waals surface area (Å²) in [5, 5.41) is 11.3. The van der Waals surface area contributed by atoms with Crippen LogP contribution in [0, 0.1) is 5.92 Å². The quantitative estimate of drug-likeness (QED) is 0.0254. The van der Waals surface area contributed by atoms with Gasteiger partial charge in [0, 0.05) is 24.1 Å². The average molecular weight is 991 g/mol. The lowest BCUT2D eigenvalue weighted by molar-refractivity contribution is -0.461. The zero-order valence-corrected chi connectivity index (χ0v) is 35.7. The fourth-order valence-corrected chi connectivity index (χ4v) is 10.8. The van der Waals surface area contributed by atoms with Crippen LogP contribution in [-0.2, 0) is 14.0 Å². The molecular formula is C38H43F17N2O7Si. The first-order chi connectivity index (χ1) is 29.5. The highest BCUT2D eigenvalue weighted by Crippen LogP contribution is 2.64. The molecule has 0 aliphatic heterocycles. The Hall–Kier alpha value is -4.53. The van der Waals surface area contributed by atoms with Gasteiger partial charge in [-0.25, -0.2) is 10.3 Å². The van der Waals surface area contributed by atoms with Crippen molar-refractivity contribution in [3.05, 3.63) is 66.2 Å². The van der Waals surface area contributed by atoms with Gasteiger partial charge in [0.2, 0.25) is 0 Å². The lowest BCUT2D eigenvalue weighted by Crippen LogP contribution is -2.74. The lowest BCUT2D eigenvalue weighted by atomic mass is 9.88. The highest BCUT2D eigenvalue weighted by molar-refractivity contribution is 6.76. The molecule has 2 aromatic rings. The Bertz CT molecular complexity index is 1910. The van der Waals surface area contributed by atoms with Crippen LogP contribution in [0.1, 0.15) is 52.7 Å². The molecule has 2 aromatic carbocycles. The molecule has 0 saturated heterocycles. The van der Waals surface area contributed by atoms with Gasteiger partial charge < -0.3 is 18.6 Å². The van der Waals surface area contributed by atoms with E-state index in [2.05, 4.69) is 5.32 Å². The third kappa shape index (κ3) is 11.5. The maximum Gasteiger partial charge on any atom is 0.460 e. The Labute approximate surface area is 360 Å². The van der Waals surface area contributed by atoms with Gasteiger partial charge in [-0.15, -0.1) is 0 Å². The molecule has 0 saturated carbocycles. The second-order valence-electron chi connectivity index (χ2n) is 15.1. The Balaban J connectivity index is 2.29. The van der Waals surface area contributed by atoms with Crippen molar-refractivity contribution in [3.63, 3.8) is 0 Å². The summed E-state index contributed by atoms with van der Waals surface area (Å²) in [7, 11) is -2.60. The maximum absolute atomic E-state index is 15.0. The highest BCUT2D eigenvalue weighted by atomic mass is 28.4. The van der Waals surface area contributed by atoms with Gasteiger partial charge in [0.25, 0.3) is 5.91 Å². The standard InChI is InChI=1S/C38H43F17N2O7Si/c1-21(2)65(22(3)4,20-17-31(39,40)32(41,42)33(43,44)34(45,46)35(47,48)36(49,50)37(51,52)38(53,54)55)63-19-18-62-27-12-8-24(9-13-27)29(23(5)7-16-28(58)57-60)64-30(59)56-25-10-14-26(61-6)15-11-25/h7-16,21-23,29,60H,17-20H2,1-6H3,(H,56,59)(H,57,58)/b16-7+/t23-,29-/m0/s1. The maximum atomic E-state index is 15.0. The summed E-state index contributed by atoms with van der Waals surface area (Å²) in [4.78, 5) is 24.4. The highest BCUT2D eigenvalue weighted by Gasteiger charge is 2.95. The van der Waals surface area contributed by atoms with Crippen LogP contribution in [0.2, 0.25) is 17.1 Å². The SMILES string of the molecule is COc1ccc(NC(=O)O[C@H](c2ccc(OCCO[Si](CCC(F)(F)C(F)(F)C(F)(F)C(F)(F)C(F)(F)C(F)(F)C(F)(F)C(F)(F)F)(C(C)C)C(C)C)cc2)[C@@H](C)/C=C/C(=O)NO)cc1. The molecule has 2 atom stereocenters. The summed E-state index contributed by atoms with van der Waals surface area (Å²) < 4.78 is 258. The predicted octanol–water partition coefficient (Wildman–Crippen LogP) is 12.2. The molecule has 0 bridgehead atoms. The summed E-state index contributed by atoms with van der Waals surface area (Å²) in [6.07, 6.45) is -10.2. The smallest absolute Gasteiger partial charge is 0.460 e. The molecule has 0 heterocycles. The first-order valence-electron chi connectivity index (χ1n) is 18.8. The molecule has 0 aliphatic carbocycles. The molecule has 0 fully saturated rings. The van der Waals surface area contributed by atoms with Gasteiger partial charge >= 0.3 is 53.7 Å². The first-order valence-corrected chi connectivity index (χ1v) is 21.0. The number of nitrogens with one attached hydrogen (secondary N) is 2. The number of rotatable bonds is 23. The van der Waals surface area contributed by atoms with Crippen LogP contribution in [0.15, 0.2) is 60.7 Å². The van der Waals surface area contributed by atoms with Gasteiger partial charge in [-0.05, 0) is 59.1 Å². The number of hydrogen-bond donors (Lipinski definition) is 3. The molecule has 9 nitrogen and oxygen atoms in total. The molecule has 0 aliphatic rings. The molecule has 0 spiro atoms. The summed E-state index contributed by atoms with van der Waals surface area (Å²) in [5.41, 5.74) is 0.229. The largest absolute Gasteiger partial charge is 0.497 e. The number of hydrogen-bond acceptors (Lipinski definition) is 7. The Kier molecular flexibility index (Phi) is 17.9. The van der Waals surface area contributed by atoms with Crippen LogP contribution < -0.4 is 20.3 Å². The molecule has 0 unspecified atom stereocenters. The minimum atomic E-state index is -8.71. The second-order valence-corrected chi connectivity index (χ2v) is 20.1. The van der Waals surface area contributed by atoms with E-state index in [1.807, 2.05) is 0 Å². The van der Waals surface area contributed by atoms with Crippen LogP contribution >= 0.6 is 0 Å². The van der Waals surface area contributed by atoms with Gasteiger partial charge in [0.15, 0.2) is 8.32 Å². The molecule has 3 N–H and O–H groups in total. The second kappa shape index (κ2) is 20.5. The van der Waals surface area contributed by atoms with E-state index in [-0.39, 0.29) is 5.75 Å². The van der Waals surface area contributed by atoms with E-state index in [1.54, 1.807) is 19.1 Å². The number of anilines is 1. The number of ether oxygens (including phenoxy) is 3. The molecule has 2 amide bonds. The molecular weight excluding hydrogens is 947 g/mol. The first kappa shape index (κ1) is 56.6. The van der Waals surface area contributed by atoms with Crippen LogP contribution in [-0.4, -0.2) is 93.5 Å². The third-order valence-corrected chi connectivity index (χ3v) is 15.9. The summed E-state index contributed by atoms with van der Waals surface area (Å²) in [6.45, 7) is 5.76. The zero-order chi connectivity index (χ0) is 50.4. The lowest BCUT2D eigenvalue weighted by Gasteiger charge is -2.44. The van der Waals surface area contributed by atoms with Crippen molar-refractivity contribution < 1.29 is 108 Å². The fourth-order valence-electron chi connectivity index (χ4n) is 6.29. The Morgan fingerprint density at radius 3 is 1.57 bits per heavy atom. The van der Waals surface area contributed by atoms with E-state index in [0.29, 0.717) is 17.0 Å². The van der Waals surface area contributed by atoms with Gasteiger partial charge in [0.1, 0.15) is 24.2 Å². The van der Waals surface area contributed by atoms with Crippen LogP contribution in [0.4, 0.5) is 85.1 Å². The third-order valence-electron chi connectivity index (χ3n) is 10.2. The Morgan fingerprint density at radius 1 is 0.662 bits per heavy atom. The normalized spacial score (nSPS) is 15.0. The van der Waals surface area contributed by atoms with E-state index in [0.717, 1.165) is 6.08 Å². The van der Waals surface area contributed by atoms with Crippen molar-refractivity contribution >= 4 is 26.0 Å². The fraction of sp³-hybridized carbons (Fsp3) is 0.579. The van der Waals surface area contributed by atoms with Crippen LogP contribution in [0.5, 0.6) is 11.5 Å². The Morgan fingerprint density at radius 2 is 1.12 bits per heavy atom. The van der Waals surface area contributed by atoms with Crippen molar-refractivity contribution in [3.8, 4) is 11.5 Å². The van der Waals surface area contributed by atoms with Crippen molar-refractivity contribution in [2.75, 3.05) is 25.6 Å². The molecule has 27 heteroatoms.